The molecule has 1 aromatic carbocycles. The Kier molecular flexibility index (Phi) is 32.2. The van der Waals surface area contributed by atoms with Gasteiger partial charge in [0, 0.05) is 0 Å². The molecule has 0 saturated heterocycles. The molecule has 1 rings (SSSR count). The van der Waals surface area contributed by atoms with Gasteiger partial charge in [0.15, 0.2) is 0 Å². The van der Waals surface area contributed by atoms with Gasteiger partial charge in [0.1, 0.15) is 0 Å². The van der Waals surface area contributed by atoms with Crippen LogP contribution in [0.25, 0.3) is 16.0 Å². The molecule has 0 unspecified atom stereocenters. The second-order valence-corrected chi connectivity index (χ2v) is 8.07. The van der Waals surface area contributed by atoms with Crippen LogP contribution in [-0.2, 0) is 25.8 Å². The van der Waals surface area contributed by atoms with Crippen LogP contribution in [0.3, 0.4) is 0 Å². The summed E-state index contributed by atoms with van der Waals surface area (Å²) in [7, 11) is 2.94. The van der Waals surface area contributed by atoms with E-state index < -0.39 is 8.41 Å². The standard InChI is InChI=1S/C7H10FSi.3C3H8N.Hf/c1-9(2,8)7-5-3-4-6-7;3*1-3-4-2;/h3-6H,1-2H3;3*3H2,1-2H3;/q4*-1;+4. The van der Waals surface area contributed by atoms with Crippen molar-refractivity contribution in [2.24, 2.45) is 0 Å². The van der Waals surface area contributed by atoms with Crippen molar-refractivity contribution in [3.8, 4) is 0 Å². The average molecular weight is 494 g/mol. The van der Waals surface area contributed by atoms with Crippen LogP contribution in [-0.4, -0.2) is 49.2 Å². The second-order valence-electron chi connectivity index (χ2n) is 4.54. The molecule has 0 aliphatic carbocycles. The summed E-state index contributed by atoms with van der Waals surface area (Å²) in [5.41, 5.74) is 0. The van der Waals surface area contributed by atoms with Gasteiger partial charge < -0.3 is 20.1 Å². The fourth-order valence-corrected chi connectivity index (χ4v) is 1.76. The van der Waals surface area contributed by atoms with E-state index in [1.54, 1.807) is 34.2 Å². The van der Waals surface area contributed by atoms with Crippen LogP contribution >= 0.6 is 0 Å². The predicted octanol–water partition coefficient (Wildman–Crippen LogP) is 4.81. The molecule has 0 bridgehead atoms. The Morgan fingerprint density at radius 3 is 1.14 bits per heavy atom. The molecule has 0 heterocycles. The molecular formula is C16H34FHfN3Si. The van der Waals surface area contributed by atoms with Gasteiger partial charge in [-0.25, -0.2) is 12.1 Å². The van der Waals surface area contributed by atoms with Gasteiger partial charge in [-0.3, -0.25) is 0 Å². The maximum absolute atomic E-state index is 13.1. The van der Waals surface area contributed by atoms with Crippen molar-refractivity contribution in [2.75, 3.05) is 40.8 Å². The first-order valence-electron chi connectivity index (χ1n) is 7.43. The van der Waals surface area contributed by atoms with E-state index in [0.29, 0.717) is 0 Å². The van der Waals surface area contributed by atoms with Crippen LogP contribution in [0.2, 0.25) is 13.1 Å². The minimum absolute atomic E-state index is 0. The monoisotopic (exact) mass is 495 g/mol. The fourth-order valence-electron chi connectivity index (χ4n) is 0.770. The maximum Gasteiger partial charge on any atom is 4.00 e. The van der Waals surface area contributed by atoms with Crippen molar-refractivity contribution < 1.29 is 30.0 Å². The minimum atomic E-state index is -2.48. The quantitative estimate of drug-likeness (QED) is 0.328. The molecular weight excluding hydrogens is 460 g/mol. The Labute approximate surface area is 158 Å². The third-order valence-electron chi connectivity index (χ3n) is 2.30. The van der Waals surface area contributed by atoms with Crippen LogP contribution in [0.1, 0.15) is 20.8 Å². The number of hydrogen-bond acceptors (Lipinski definition) is 0. The van der Waals surface area contributed by atoms with E-state index in [4.69, 9.17) is 0 Å². The van der Waals surface area contributed by atoms with Gasteiger partial charge in [-0.15, -0.1) is 5.19 Å². The SMILES string of the molecule is CC[N-]C.CC[N-]C.CC[N-]C.C[Si](C)(F)[c-]1cccc1.[Hf+4]. The van der Waals surface area contributed by atoms with Crippen LogP contribution in [0.15, 0.2) is 24.3 Å². The molecule has 128 valence electrons. The Balaban J connectivity index is -0.000000107. The molecule has 0 aliphatic rings. The van der Waals surface area contributed by atoms with Crippen LogP contribution < -0.4 is 5.19 Å². The van der Waals surface area contributed by atoms with Gasteiger partial charge in [0.25, 0.3) is 0 Å². The van der Waals surface area contributed by atoms with Gasteiger partial charge >= 0.3 is 25.8 Å². The number of nitrogens with zero attached hydrogens (tertiary/aromatic N) is 3. The average Bonchev–Trinajstić information content (AvgIpc) is 3.02. The second kappa shape index (κ2) is 23.5. The Morgan fingerprint density at radius 2 is 1.05 bits per heavy atom. The Hall–Kier alpha value is 0.247. The van der Waals surface area contributed by atoms with Crippen molar-refractivity contribution in [1.82, 2.24) is 0 Å². The normalized spacial score (nSPS) is 8.95. The van der Waals surface area contributed by atoms with E-state index in [1.807, 2.05) is 45.0 Å². The van der Waals surface area contributed by atoms with E-state index in [2.05, 4.69) is 16.0 Å². The van der Waals surface area contributed by atoms with Crippen molar-refractivity contribution in [3.05, 3.63) is 40.2 Å². The smallest absolute Gasteiger partial charge is 0.665 e. The van der Waals surface area contributed by atoms with Gasteiger partial charge in [0.05, 0.1) is 0 Å². The molecule has 3 nitrogen and oxygen atoms in total. The molecule has 0 aromatic heterocycles. The van der Waals surface area contributed by atoms with Crippen LogP contribution in [0.4, 0.5) is 4.11 Å². The van der Waals surface area contributed by atoms with E-state index in [-0.39, 0.29) is 25.8 Å². The molecule has 0 aliphatic heterocycles. The third kappa shape index (κ3) is 28.4. The predicted molar refractivity (Wildman–Crippen MR) is 99.7 cm³/mol. The van der Waals surface area contributed by atoms with E-state index in [9.17, 15) is 4.11 Å². The zero-order valence-electron chi connectivity index (χ0n) is 15.7. The van der Waals surface area contributed by atoms with Crippen molar-refractivity contribution in [2.45, 2.75) is 33.9 Å². The van der Waals surface area contributed by atoms with Crippen molar-refractivity contribution in [1.29, 1.82) is 0 Å². The van der Waals surface area contributed by atoms with Crippen molar-refractivity contribution >= 4 is 13.6 Å². The summed E-state index contributed by atoms with van der Waals surface area (Å²) in [6.07, 6.45) is 0. The summed E-state index contributed by atoms with van der Waals surface area (Å²) in [5.74, 6) is 0. The fraction of sp³-hybridized carbons (Fsp3) is 0.688. The molecule has 0 amide bonds. The van der Waals surface area contributed by atoms with Gasteiger partial charge in [-0.2, -0.15) is 52.9 Å². The zero-order valence-corrected chi connectivity index (χ0v) is 20.2. The summed E-state index contributed by atoms with van der Waals surface area (Å²) in [6, 6.07) is 7.46. The molecule has 0 radical (unpaired) electrons. The molecule has 22 heavy (non-hydrogen) atoms. The first kappa shape index (κ1) is 30.2. The molecule has 0 atom stereocenters. The molecule has 1 aromatic rings. The minimum Gasteiger partial charge on any atom is -0.665 e. The molecule has 0 saturated carbocycles. The van der Waals surface area contributed by atoms with E-state index >= 15 is 0 Å². The number of halogens is 1. The molecule has 0 N–H and O–H groups in total. The number of hydrogen-bond donors (Lipinski definition) is 0. The summed E-state index contributed by atoms with van der Waals surface area (Å²) < 4.78 is 13.1. The zero-order chi connectivity index (χ0) is 17.1. The number of rotatable bonds is 4. The topological polar surface area (TPSA) is 42.3 Å². The summed E-state index contributed by atoms with van der Waals surface area (Å²) >= 11 is 0. The largest absolute Gasteiger partial charge is 4.00 e. The van der Waals surface area contributed by atoms with Gasteiger partial charge in [-0.1, -0.05) is 20.8 Å². The van der Waals surface area contributed by atoms with Gasteiger partial charge in [-0.05, 0) is 13.1 Å². The third-order valence-corrected chi connectivity index (χ3v) is 4.00. The Morgan fingerprint density at radius 1 is 0.818 bits per heavy atom. The maximum atomic E-state index is 13.1. The summed E-state index contributed by atoms with van der Waals surface area (Å²) in [5, 5.41) is 12.1. The first-order chi connectivity index (χ1) is 9.85. The van der Waals surface area contributed by atoms with E-state index in [1.165, 1.54) is 0 Å². The Bertz CT molecular complexity index is 249. The van der Waals surface area contributed by atoms with Crippen LogP contribution in [0, 0.1) is 0 Å². The van der Waals surface area contributed by atoms with Gasteiger partial charge in [0.2, 0.25) is 8.41 Å². The van der Waals surface area contributed by atoms with Crippen molar-refractivity contribution in [3.63, 3.8) is 0 Å². The molecule has 6 heteroatoms. The van der Waals surface area contributed by atoms with Crippen LogP contribution in [0.5, 0.6) is 0 Å². The molecule has 0 fully saturated rings. The summed E-state index contributed by atoms with van der Waals surface area (Å²) in [4.78, 5) is 0. The first-order valence-corrected chi connectivity index (χ1v) is 10.3. The van der Waals surface area contributed by atoms with E-state index in [0.717, 1.165) is 24.8 Å². The molecule has 0 spiro atoms. The summed E-state index contributed by atoms with van der Waals surface area (Å²) in [6.45, 7) is 12.3.